The molecule has 1 N–H and O–H groups in total. The lowest BCUT2D eigenvalue weighted by Crippen LogP contribution is -2.42. The summed E-state index contributed by atoms with van der Waals surface area (Å²) in [7, 11) is 0. The van der Waals surface area contributed by atoms with E-state index >= 15 is 0 Å². The second kappa shape index (κ2) is 4.66. The molecule has 1 spiro atoms. The van der Waals surface area contributed by atoms with E-state index < -0.39 is 0 Å². The fourth-order valence-electron chi connectivity index (χ4n) is 3.90. The highest BCUT2D eigenvalue weighted by molar-refractivity contribution is 5.80. The zero-order chi connectivity index (χ0) is 13.5. The molecule has 2 aliphatic rings. The minimum atomic E-state index is 0.176. The van der Waals surface area contributed by atoms with Gasteiger partial charge in [0.25, 0.3) is 0 Å². The Morgan fingerprint density at radius 1 is 1.26 bits per heavy atom. The minimum Gasteiger partial charge on any atom is -0.353 e. The van der Waals surface area contributed by atoms with Gasteiger partial charge in [0.15, 0.2) is 0 Å². The first-order valence-electron chi connectivity index (χ1n) is 7.45. The van der Waals surface area contributed by atoms with Crippen molar-refractivity contribution in [1.29, 1.82) is 0 Å². The van der Waals surface area contributed by atoms with Crippen LogP contribution in [0.25, 0.3) is 0 Å². The fourth-order valence-corrected chi connectivity index (χ4v) is 3.90. The number of hydrogen-bond donors (Lipinski definition) is 1. The van der Waals surface area contributed by atoms with E-state index in [1.807, 2.05) is 0 Å². The van der Waals surface area contributed by atoms with Gasteiger partial charge in [0.1, 0.15) is 0 Å². The van der Waals surface area contributed by atoms with Crippen molar-refractivity contribution in [2.75, 3.05) is 0 Å². The molecule has 3 rings (SSSR count). The van der Waals surface area contributed by atoms with E-state index in [1.165, 1.54) is 11.1 Å². The van der Waals surface area contributed by atoms with E-state index in [1.54, 1.807) is 0 Å². The van der Waals surface area contributed by atoms with Gasteiger partial charge in [0, 0.05) is 17.9 Å². The summed E-state index contributed by atoms with van der Waals surface area (Å²) in [5.41, 5.74) is 3.12. The van der Waals surface area contributed by atoms with E-state index in [2.05, 4.69) is 43.4 Å². The lowest BCUT2D eigenvalue weighted by Gasteiger charge is -2.39. The smallest absolute Gasteiger partial charge is 0.220 e. The Bertz CT molecular complexity index is 494. The first-order chi connectivity index (χ1) is 9.09. The Morgan fingerprint density at radius 2 is 2.00 bits per heavy atom. The van der Waals surface area contributed by atoms with E-state index in [-0.39, 0.29) is 11.3 Å². The highest BCUT2D eigenvalue weighted by atomic mass is 16.2. The van der Waals surface area contributed by atoms with Gasteiger partial charge in [-0.3, -0.25) is 4.79 Å². The van der Waals surface area contributed by atoms with Crippen LogP contribution in [0.4, 0.5) is 0 Å². The standard InChI is InChI=1S/C17H23NO/c1-12(2)9-15-17(11-16(19)18-15)8-7-13-5-3-4-6-14(13)10-17/h3-6,12,15H,7-11H2,1-2H3,(H,18,19). The lowest BCUT2D eigenvalue weighted by atomic mass is 9.66. The van der Waals surface area contributed by atoms with Crippen LogP contribution in [0.1, 0.15) is 44.2 Å². The summed E-state index contributed by atoms with van der Waals surface area (Å²) < 4.78 is 0. The van der Waals surface area contributed by atoms with Gasteiger partial charge in [-0.2, -0.15) is 0 Å². The molecule has 1 aliphatic heterocycles. The molecule has 1 aromatic carbocycles. The second-order valence-electron chi connectivity index (χ2n) is 6.73. The molecule has 1 aromatic rings. The maximum Gasteiger partial charge on any atom is 0.220 e. The fraction of sp³-hybridized carbons (Fsp3) is 0.588. The molecule has 1 aliphatic carbocycles. The van der Waals surface area contributed by atoms with Crippen LogP contribution in [0.15, 0.2) is 24.3 Å². The molecule has 2 atom stereocenters. The molecule has 0 bridgehead atoms. The molecule has 19 heavy (non-hydrogen) atoms. The molecule has 2 nitrogen and oxygen atoms in total. The zero-order valence-corrected chi connectivity index (χ0v) is 11.9. The number of rotatable bonds is 2. The van der Waals surface area contributed by atoms with Crippen LogP contribution in [0, 0.1) is 11.3 Å². The molecule has 1 fully saturated rings. The van der Waals surface area contributed by atoms with Gasteiger partial charge in [-0.15, -0.1) is 0 Å². The Kier molecular flexibility index (Phi) is 3.12. The minimum absolute atomic E-state index is 0.176. The molecule has 1 amide bonds. The van der Waals surface area contributed by atoms with Gasteiger partial charge in [-0.05, 0) is 42.7 Å². The highest BCUT2D eigenvalue weighted by Crippen LogP contribution is 2.45. The van der Waals surface area contributed by atoms with Gasteiger partial charge in [0.05, 0.1) is 0 Å². The van der Waals surface area contributed by atoms with E-state index in [0.717, 1.165) is 32.1 Å². The van der Waals surface area contributed by atoms with Gasteiger partial charge in [-0.1, -0.05) is 38.1 Å². The summed E-state index contributed by atoms with van der Waals surface area (Å²) in [5.74, 6) is 0.891. The van der Waals surface area contributed by atoms with Crippen LogP contribution < -0.4 is 5.32 Å². The third-order valence-corrected chi connectivity index (χ3v) is 4.85. The van der Waals surface area contributed by atoms with E-state index in [4.69, 9.17) is 0 Å². The number of aryl methyl sites for hydroxylation is 1. The van der Waals surface area contributed by atoms with Gasteiger partial charge >= 0.3 is 0 Å². The lowest BCUT2D eigenvalue weighted by molar-refractivity contribution is -0.119. The normalized spacial score (nSPS) is 29.6. The summed E-state index contributed by atoms with van der Waals surface area (Å²) in [6.07, 6.45) is 5.17. The van der Waals surface area contributed by atoms with Crippen molar-refractivity contribution in [2.24, 2.45) is 11.3 Å². The first kappa shape index (κ1) is 12.7. The number of fused-ring (bicyclic) bond motifs is 1. The van der Waals surface area contributed by atoms with Crippen molar-refractivity contribution in [1.82, 2.24) is 5.32 Å². The van der Waals surface area contributed by atoms with Crippen molar-refractivity contribution in [3.05, 3.63) is 35.4 Å². The monoisotopic (exact) mass is 257 g/mol. The number of hydrogen-bond acceptors (Lipinski definition) is 1. The second-order valence-corrected chi connectivity index (χ2v) is 6.73. The molecule has 102 valence electrons. The Hall–Kier alpha value is -1.31. The summed E-state index contributed by atoms with van der Waals surface area (Å²) in [5, 5.41) is 3.24. The Balaban J connectivity index is 1.89. The number of carbonyl (C=O) groups excluding carboxylic acids is 1. The molecular weight excluding hydrogens is 234 g/mol. The third kappa shape index (κ3) is 2.29. The van der Waals surface area contributed by atoms with Crippen molar-refractivity contribution in [3.63, 3.8) is 0 Å². The maximum absolute atomic E-state index is 11.9. The quantitative estimate of drug-likeness (QED) is 0.866. The average molecular weight is 257 g/mol. The summed E-state index contributed by atoms with van der Waals surface area (Å²) >= 11 is 0. The highest BCUT2D eigenvalue weighted by Gasteiger charge is 2.47. The molecule has 2 heteroatoms. The molecule has 2 unspecified atom stereocenters. The van der Waals surface area contributed by atoms with Gasteiger partial charge < -0.3 is 5.32 Å². The number of carbonyl (C=O) groups is 1. The number of nitrogens with one attached hydrogen (secondary N) is 1. The summed E-state index contributed by atoms with van der Waals surface area (Å²) in [4.78, 5) is 11.9. The number of benzene rings is 1. The first-order valence-corrected chi connectivity index (χ1v) is 7.45. The average Bonchev–Trinajstić information content (AvgIpc) is 2.64. The number of amides is 1. The van der Waals surface area contributed by atoms with E-state index in [9.17, 15) is 4.79 Å². The predicted octanol–water partition coefficient (Wildman–Crippen LogP) is 3.10. The van der Waals surface area contributed by atoms with Crippen molar-refractivity contribution < 1.29 is 4.79 Å². The van der Waals surface area contributed by atoms with Crippen molar-refractivity contribution in [3.8, 4) is 0 Å². The molecule has 1 heterocycles. The van der Waals surface area contributed by atoms with Crippen LogP contribution in [0.5, 0.6) is 0 Å². The zero-order valence-electron chi connectivity index (χ0n) is 11.9. The third-order valence-electron chi connectivity index (χ3n) is 4.85. The Labute approximate surface area is 115 Å². The largest absolute Gasteiger partial charge is 0.353 e. The van der Waals surface area contributed by atoms with Crippen LogP contribution >= 0.6 is 0 Å². The summed E-state index contributed by atoms with van der Waals surface area (Å²) in [6.45, 7) is 4.49. The predicted molar refractivity (Wildman–Crippen MR) is 76.9 cm³/mol. The molecular formula is C17H23NO. The maximum atomic E-state index is 11.9. The van der Waals surface area contributed by atoms with Crippen LogP contribution in [-0.4, -0.2) is 11.9 Å². The Morgan fingerprint density at radius 3 is 2.74 bits per heavy atom. The topological polar surface area (TPSA) is 29.1 Å². The van der Waals surface area contributed by atoms with Crippen LogP contribution in [0.3, 0.4) is 0 Å². The van der Waals surface area contributed by atoms with Crippen LogP contribution in [0.2, 0.25) is 0 Å². The van der Waals surface area contributed by atoms with Crippen LogP contribution in [-0.2, 0) is 17.6 Å². The van der Waals surface area contributed by atoms with Gasteiger partial charge in [0.2, 0.25) is 5.91 Å². The SMILES string of the molecule is CC(C)CC1NC(=O)CC12CCc1ccccc1C2. The molecule has 1 saturated heterocycles. The molecule has 0 aromatic heterocycles. The molecule has 0 saturated carbocycles. The van der Waals surface area contributed by atoms with Crippen molar-refractivity contribution in [2.45, 2.75) is 52.0 Å². The van der Waals surface area contributed by atoms with E-state index in [0.29, 0.717) is 12.0 Å². The van der Waals surface area contributed by atoms with Crippen molar-refractivity contribution >= 4 is 5.91 Å². The molecule has 0 radical (unpaired) electrons. The summed E-state index contributed by atoms with van der Waals surface area (Å²) in [6, 6.07) is 9.10. The van der Waals surface area contributed by atoms with Gasteiger partial charge in [-0.25, -0.2) is 0 Å².